The van der Waals surface area contributed by atoms with Crippen LogP contribution in [-0.4, -0.2) is 23.1 Å². The first-order valence-electron chi connectivity index (χ1n) is 11.3. The fourth-order valence-electron chi connectivity index (χ4n) is 4.26. The zero-order chi connectivity index (χ0) is 21.6. The van der Waals surface area contributed by atoms with Crippen LogP contribution < -0.4 is 44.6 Å². The van der Waals surface area contributed by atoms with Crippen molar-refractivity contribution in [2.24, 2.45) is 0 Å². The van der Waals surface area contributed by atoms with E-state index in [-0.39, 0.29) is 34.0 Å². The summed E-state index contributed by atoms with van der Waals surface area (Å²) in [7, 11) is 0. The molecule has 0 atom stereocenters. The Hall–Kier alpha value is -2.64. The molecular formula is C28H30Br2N4. The maximum atomic E-state index is 2.31. The van der Waals surface area contributed by atoms with Crippen LogP contribution in [0.1, 0.15) is 11.1 Å². The molecule has 34 heavy (non-hydrogen) atoms. The summed E-state index contributed by atoms with van der Waals surface area (Å²) < 4.78 is 0. The summed E-state index contributed by atoms with van der Waals surface area (Å²) in [6.07, 6.45) is 8.52. The van der Waals surface area contributed by atoms with E-state index in [1.54, 1.807) is 0 Å². The second-order valence-corrected chi connectivity index (χ2v) is 8.38. The molecule has 2 heterocycles. The van der Waals surface area contributed by atoms with Crippen molar-refractivity contribution in [1.29, 1.82) is 0 Å². The lowest BCUT2D eigenvalue weighted by molar-refractivity contribution is -0.593. The highest BCUT2D eigenvalue weighted by molar-refractivity contribution is 5.83. The lowest BCUT2D eigenvalue weighted by atomic mass is 10.1. The van der Waals surface area contributed by atoms with E-state index in [1.165, 1.54) is 32.7 Å². The molecule has 0 aromatic heterocycles. The number of hydrogen-bond donors (Lipinski definition) is 2. The SMILES string of the molecule is C1=CN(Cc2ccc3ccccc3c2)C[NH2+]1.C1=CN(Cc2ccc3ccccc3c2)C[NH2+]1.[Br-].[Br-]. The summed E-state index contributed by atoms with van der Waals surface area (Å²) in [5.41, 5.74) is 2.75. The van der Waals surface area contributed by atoms with Crippen molar-refractivity contribution in [1.82, 2.24) is 9.80 Å². The number of hydrogen-bond acceptors (Lipinski definition) is 2. The van der Waals surface area contributed by atoms with Gasteiger partial charge in [0, 0.05) is 13.1 Å². The van der Waals surface area contributed by atoms with Crippen LogP contribution in [0.2, 0.25) is 0 Å². The molecule has 4 aromatic carbocycles. The van der Waals surface area contributed by atoms with Gasteiger partial charge in [-0.1, -0.05) is 72.8 Å². The smallest absolute Gasteiger partial charge is 0.155 e. The number of rotatable bonds is 4. The lowest BCUT2D eigenvalue weighted by Crippen LogP contribution is -3.00. The molecule has 0 radical (unpaired) electrons. The summed E-state index contributed by atoms with van der Waals surface area (Å²) in [5, 5.41) is 9.64. The Morgan fingerprint density at radius 2 is 0.941 bits per heavy atom. The van der Waals surface area contributed by atoms with Gasteiger partial charge in [0.2, 0.25) is 0 Å². The molecule has 6 rings (SSSR count). The maximum Gasteiger partial charge on any atom is 0.155 e. The van der Waals surface area contributed by atoms with Gasteiger partial charge in [0.25, 0.3) is 0 Å². The van der Waals surface area contributed by atoms with Crippen LogP contribution >= 0.6 is 0 Å². The third kappa shape index (κ3) is 6.70. The Bertz CT molecular complexity index is 1170. The summed E-state index contributed by atoms with van der Waals surface area (Å²) in [6.45, 7) is 4.06. The molecule has 2 aliphatic rings. The molecular weight excluding hydrogens is 552 g/mol. The van der Waals surface area contributed by atoms with Gasteiger partial charge in [-0.05, 0) is 44.8 Å². The molecule has 0 bridgehead atoms. The van der Waals surface area contributed by atoms with E-state index in [0.717, 1.165) is 26.4 Å². The third-order valence-corrected chi connectivity index (χ3v) is 5.94. The first-order chi connectivity index (χ1) is 15.8. The minimum absolute atomic E-state index is 0. The molecule has 176 valence electrons. The highest BCUT2D eigenvalue weighted by Gasteiger charge is 2.08. The Morgan fingerprint density at radius 1 is 0.529 bits per heavy atom. The predicted octanol–water partition coefficient (Wildman–Crippen LogP) is -2.70. The van der Waals surface area contributed by atoms with Crippen molar-refractivity contribution in [2.75, 3.05) is 13.3 Å². The number of quaternary nitrogens is 2. The fourth-order valence-corrected chi connectivity index (χ4v) is 4.26. The summed E-state index contributed by atoms with van der Waals surface area (Å²) >= 11 is 0. The van der Waals surface area contributed by atoms with E-state index < -0.39 is 0 Å². The van der Waals surface area contributed by atoms with Crippen LogP contribution in [0, 0.1) is 0 Å². The standard InChI is InChI=1S/2C14H14N2.2BrH/c2*1-2-4-14-9-12(5-6-13(14)3-1)10-16-8-7-15-11-16;;/h2*1-9,15H,10-11H2;2*1H. The Balaban J connectivity index is 0.000000180. The van der Waals surface area contributed by atoms with Crippen LogP contribution in [-0.2, 0) is 13.1 Å². The van der Waals surface area contributed by atoms with Gasteiger partial charge in [0.15, 0.2) is 13.3 Å². The van der Waals surface area contributed by atoms with Crippen molar-refractivity contribution >= 4 is 21.5 Å². The van der Waals surface area contributed by atoms with E-state index in [0.29, 0.717) is 0 Å². The molecule has 0 amide bonds. The average molecular weight is 582 g/mol. The maximum absolute atomic E-state index is 2.31. The van der Waals surface area contributed by atoms with Crippen LogP contribution in [0.15, 0.2) is 110 Å². The van der Waals surface area contributed by atoms with Crippen molar-refractivity contribution in [3.05, 3.63) is 121 Å². The van der Waals surface area contributed by atoms with Gasteiger partial charge >= 0.3 is 0 Å². The van der Waals surface area contributed by atoms with Crippen molar-refractivity contribution < 1.29 is 44.6 Å². The van der Waals surface area contributed by atoms with E-state index in [1.807, 2.05) is 0 Å². The van der Waals surface area contributed by atoms with Crippen molar-refractivity contribution in [3.8, 4) is 0 Å². The number of halogens is 2. The normalized spacial score (nSPS) is 14.0. The highest BCUT2D eigenvalue weighted by Crippen LogP contribution is 2.18. The van der Waals surface area contributed by atoms with Crippen LogP contribution in [0.3, 0.4) is 0 Å². The Labute approximate surface area is 222 Å². The van der Waals surface area contributed by atoms with E-state index in [9.17, 15) is 0 Å². The Morgan fingerprint density at radius 3 is 1.32 bits per heavy atom. The van der Waals surface area contributed by atoms with Crippen molar-refractivity contribution in [2.45, 2.75) is 13.1 Å². The van der Waals surface area contributed by atoms with Gasteiger partial charge in [0.1, 0.15) is 12.4 Å². The van der Waals surface area contributed by atoms with Gasteiger partial charge in [-0.25, -0.2) is 0 Å². The fraction of sp³-hybridized carbons (Fsp3) is 0.143. The van der Waals surface area contributed by atoms with E-state index >= 15 is 0 Å². The molecule has 6 heteroatoms. The van der Waals surface area contributed by atoms with Gasteiger partial charge in [-0.2, -0.15) is 0 Å². The van der Waals surface area contributed by atoms with Gasteiger partial charge in [-0.15, -0.1) is 0 Å². The summed E-state index contributed by atoms with van der Waals surface area (Å²) in [5.74, 6) is 0. The van der Waals surface area contributed by atoms with Crippen molar-refractivity contribution in [3.63, 3.8) is 0 Å². The third-order valence-electron chi connectivity index (χ3n) is 5.94. The second kappa shape index (κ2) is 12.7. The first-order valence-corrected chi connectivity index (χ1v) is 11.3. The molecule has 4 aromatic rings. The molecule has 0 saturated heterocycles. The second-order valence-electron chi connectivity index (χ2n) is 8.38. The lowest BCUT2D eigenvalue weighted by Gasteiger charge is -2.12. The van der Waals surface area contributed by atoms with E-state index in [4.69, 9.17) is 0 Å². The number of nitrogens with two attached hydrogens (primary N) is 2. The molecule has 0 unspecified atom stereocenters. The minimum Gasteiger partial charge on any atom is -1.00 e. The molecule has 4 nitrogen and oxygen atoms in total. The number of fused-ring (bicyclic) bond motifs is 2. The Kier molecular flexibility index (Phi) is 9.72. The molecule has 0 spiro atoms. The molecule has 0 fully saturated rings. The topological polar surface area (TPSA) is 39.7 Å². The summed E-state index contributed by atoms with van der Waals surface area (Å²) in [6, 6.07) is 30.4. The number of benzene rings is 4. The first kappa shape index (κ1) is 26.0. The largest absolute Gasteiger partial charge is 1.00 e. The average Bonchev–Trinajstić information content (AvgIpc) is 3.54. The quantitative estimate of drug-likeness (QED) is 0.275. The molecule has 0 aliphatic carbocycles. The van der Waals surface area contributed by atoms with Gasteiger partial charge < -0.3 is 54.4 Å². The van der Waals surface area contributed by atoms with Gasteiger partial charge in [0.05, 0.1) is 12.4 Å². The minimum atomic E-state index is 0. The van der Waals surface area contributed by atoms with Crippen LogP contribution in [0.4, 0.5) is 0 Å². The summed E-state index contributed by atoms with van der Waals surface area (Å²) in [4.78, 5) is 4.62. The molecule has 2 aliphatic heterocycles. The van der Waals surface area contributed by atoms with E-state index in [2.05, 4.69) is 130 Å². The van der Waals surface area contributed by atoms with Gasteiger partial charge in [-0.3, -0.25) is 0 Å². The monoisotopic (exact) mass is 580 g/mol. The zero-order valence-corrected chi connectivity index (χ0v) is 22.2. The van der Waals surface area contributed by atoms with Crippen LogP contribution in [0.5, 0.6) is 0 Å². The molecule has 4 N–H and O–H groups in total. The highest BCUT2D eigenvalue weighted by atomic mass is 79.9. The number of nitrogens with zero attached hydrogens (tertiary/aromatic N) is 2. The zero-order valence-electron chi connectivity index (χ0n) is 19.0. The van der Waals surface area contributed by atoms with Crippen LogP contribution in [0.25, 0.3) is 21.5 Å². The predicted molar refractivity (Wildman–Crippen MR) is 131 cm³/mol. The molecule has 0 saturated carbocycles.